The van der Waals surface area contributed by atoms with Crippen LogP contribution in [0.4, 0.5) is 18.9 Å². The van der Waals surface area contributed by atoms with E-state index < -0.39 is 28.1 Å². The van der Waals surface area contributed by atoms with Crippen LogP contribution in [-0.2, 0) is 30.9 Å². The van der Waals surface area contributed by atoms with Crippen LogP contribution in [0.25, 0.3) is 21.6 Å². The van der Waals surface area contributed by atoms with Gasteiger partial charge in [0.25, 0.3) is 10.0 Å². The van der Waals surface area contributed by atoms with Gasteiger partial charge in [-0.3, -0.25) is 14.0 Å². The lowest BCUT2D eigenvalue weighted by Crippen LogP contribution is -2.37. The molecule has 0 bridgehead atoms. The summed E-state index contributed by atoms with van der Waals surface area (Å²) in [4.78, 5) is 32.3. The van der Waals surface area contributed by atoms with E-state index in [1.165, 1.54) is 22.6 Å². The molecule has 1 fully saturated rings. The number of H-pyrrole nitrogens is 1. The number of benzene rings is 1. The summed E-state index contributed by atoms with van der Waals surface area (Å²) in [5, 5.41) is 12.8. The number of esters is 1. The molecule has 1 saturated heterocycles. The molecule has 4 aromatic rings. The number of nitrogens with one attached hydrogen (secondary N) is 1. The number of rotatable bonds is 8. The van der Waals surface area contributed by atoms with Gasteiger partial charge in [0.15, 0.2) is 0 Å². The molecule has 43 heavy (non-hydrogen) atoms. The van der Waals surface area contributed by atoms with Crippen molar-refractivity contribution in [3.63, 3.8) is 0 Å². The van der Waals surface area contributed by atoms with Gasteiger partial charge in [0.1, 0.15) is 9.22 Å². The molecule has 5 rings (SSSR count). The van der Waals surface area contributed by atoms with Crippen molar-refractivity contribution < 1.29 is 41.0 Å². The number of likely N-dealkylation sites (tertiary alicyclic amines) is 1. The summed E-state index contributed by atoms with van der Waals surface area (Å²) in [7, 11) is -2.08. The SMILES string of the molecule is CCOC(=O)C(F)(F)F.CN(c1cccc2cc(-c3ncc(CN4CCCC(C(=O)O)C4)s3)[nH]c12)S(=O)(=O)c1cccs1. The lowest BCUT2D eigenvalue weighted by Gasteiger charge is -2.29. The van der Waals surface area contributed by atoms with Gasteiger partial charge < -0.3 is 14.8 Å². The molecule has 1 aliphatic rings. The molecule has 4 heterocycles. The van der Waals surface area contributed by atoms with E-state index >= 15 is 0 Å². The topological polar surface area (TPSA) is 133 Å². The second-order valence-electron chi connectivity index (χ2n) is 9.59. The van der Waals surface area contributed by atoms with E-state index in [1.54, 1.807) is 42.0 Å². The number of hydrogen-bond donors (Lipinski definition) is 2. The highest BCUT2D eigenvalue weighted by Gasteiger charge is 2.40. The molecular formula is C27H29F3N4O6S3. The van der Waals surface area contributed by atoms with Crippen LogP contribution in [0.15, 0.2) is 52.2 Å². The van der Waals surface area contributed by atoms with E-state index in [4.69, 9.17) is 0 Å². The maximum atomic E-state index is 13.0. The summed E-state index contributed by atoms with van der Waals surface area (Å²) >= 11 is 2.75. The minimum atomic E-state index is -4.85. The molecule has 1 atom stereocenters. The molecule has 0 saturated carbocycles. The molecule has 1 aromatic carbocycles. The Hall–Kier alpha value is -3.47. The number of carboxylic acid groups (broad SMARTS) is 1. The van der Waals surface area contributed by atoms with Gasteiger partial charge in [0.05, 0.1) is 29.4 Å². The number of thiazole rings is 1. The van der Waals surface area contributed by atoms with E-state index in [9.17, 15) is 36.3 Å². The molecule has 10 nitrogen and oxygen atoms in total. The van der Waals surface area contributed by atoms with Gasteiger partial charge in [-0.1, -0.05) is 18.2 Å². The van der Waals surface area contributed by atoms with Crippen LogP contribution in [-0.4, -0.2) is 73.3 Å². The predicted molar refractivity (Wildman–Crippen MR) is 158 cm³/mol. The fourth-order valence-electron chi connectivity index (χ4n) is 4.53. The lowest BCUT2D eigenvalue weighted by molar-refractivity contribution is -0.199. The molecule has 0 spiro atoms. The van der Waals surface area contributed by atoms with Crippen LogP contribution in [0, 0.1) is 5.92 Å². The Bertz CT molecular complexity index is 1670. The van der Waals surface area contributed by atoms with Crippen molar-refractivity contribution in [3.05, 3.63) is 52.9 Å². The fourth-order valence-corrected chi connectivity index (χ4v) is 7.83. The number of halogens is 3. The summed E-state index contributed by atoms with van der Waals surface area (Å²) in [6.45, 7) is 3.18. The number of hydrogen-bond acceptors (Lipinski definition) is 9. The van der Waals surface area contributed by atoms with Gasteiger partial charge in [0.2, 0.25) is 0 Å². The Balaban J connectivity index is 0.000000410. The normalized spacial score (nSPS) is 16.0. The van der Waals surface area contributed by atoms with E-state index in [-0.39, 0.29) is 12.5 Å². The maximum absolute atomic E-state index is 13.0. The number of para-hydroxylation sites is 1. The molecule has 3 aromatic heterocycles. The van der Waals surface area contributed by atoms with Crippen LogP contribution in [0.2, 0.25) is 0 Å². The summed E-state index contributed by atoms with van der Waals surface area (Å²) in [5.74, 6) is -3.17. The molecule has 1 aliphatic heterocycles. The lowest BCUT2D eigenvalue weighted by atomic mass is 9.98. The van der Waals surface area contributed by atoms with Crippen molar-refractivity contribution in [1.82, 2.24) is 14.9 Å². The Labute approximate surface area is 253 Å². The third kappa shape index (κ3) is 7.74. The molecule has 232 valence electrons. The number of nitrogens with zero attached hydrogens (tertiary/aromatic N) is 3. The van der Waals surface area contributed by atoms with Crippen LogP contribution in [0.5, 0.6) is 0 Å². The molecule has 0 amide bonds. The standard InChI is InChI=1S/C23H24N4O4S3.C4H5F3O2/c1-26(34(30,31)20-8-4-10-32-20)19-7-2-5-15-11-18(25-21(15)19)22-24-12-17(33-22)14-27-9-3-6-16(13-27)23(28)29;1-2-9-3(8)4(5,6)7/h2,4-5,7-8,10-12,16,25H,3,6,9,13-14H2,1H3,(H,28,29);2H2,1H3. The summed E-state index contributed by atoms with van der Waals surface area (Å²) in [5.41, 5.74) is 2.13. The van der Waals surface area contributed by atoms with E-state index in [1.807, 2.05) is 24.4 Å². The third-order valence-electron chi connectivity index (χ3n) is 6.61. The smallest absolute Gasteiger partial charge is 0.481 e. The van der Waals surface area contributed by atoms with Crippen molar-refractivity contribution in [3.8, 4) is 10.7 Å². The van der Waals surface area contributed by atoms with Crippen molar-refractivity contribution >= 4 is 61.2 Å². The molecule has 2 N–H and O–H groups in total. The molecule has 1 unspecified atom stereocenters. The number of anilines is 1. The number of carboxylic acids is 1. The molecule has 0 aliphatic carbocycles. The van der Waals surface area contributed by atoms with Gasteiger partial charge in [-0.25, -0.2) is 18.2 Å². The zero-order valence-corrected chi connectivity index (χ0v) is 25.6. The van der Waals surface area contributed by atoms with Crippen LogP contribution < -0.4 is 4.31 Å². The Kier molecular flexibility index (Phi) is 10.1. The largest absolute Gasteiger partial charge is 0.490 e. The first kappa shape index (κ1) is 32.4. The van der Waals surface area contributed by atoms with Gasteiger partial charge in [-0.15, -0.1) is 22.7 Å². The van der Waals surface area contributed by atoms with Crippen LogP contribution in [0.3, 0.4) is 0 Å². The number of aliphatic carboxylic acids is 1. The second-order valence-corrected chi connectivity index (χ2v) is 13.9. The van der Waals surface area contributed by atoms with Gasteiger partial charge >= 0.3 is 18.1 Å². The van der Waals surface area contributed by atoms with Crippen LogP contribution in [0.1, 0.15) is 24.6 Å². The highest BCUT2D eigenvalue weighted by Crippen LogP contribution is 2.35. The highest BCUT2D eigenvalue weighted by molar-refractivity contribution is 7.94. The number of ether oxygens (including phenoxy) is 1. The quantitative estimate of drug-likeness (QED) is 0.234. The minimum Gasteiger partial charge on any atom is -0.481 e. The van der Waals surface area contributed by atoms with E-state index in [0.717, 1.165) is 45.9 Å². The van der Waals surface area contributed by atoms with E-state index in [0.29, 0.717) is 23.0 Å². The number of alkyl halides is 3. The number of aromatic amines is 1. The summed E-state index contributed by atoms with van der Waals surface area (Å²) < 4.78 is 64.8. The average molecular weight is 659 g/mol. The Morgan fingerprint density at radius 1 is 1.26 bits per heavy atom. The Morgan fingerprint density at radius 2 is 2.02 bits per heavy atom. The molecule has 0 radical (unpaired) electrons. The number of carbonyl (C=O) groups excluding carboxylic acids is 1. The predicted octanol–water partition coefficient (Wildman–Crippen LogP) is 5.59. The first-order valence-corrected chi connectivity index (χ1v) is 16.2. The molecule has 16 heteroatoms. The molecular weight excluding hydrogens is 630 g/mol. The van der Waals surface area contributed by atoms with Crippen LogP contribution >= 0.6 is 22.7 Å². The zero-order valence-electron chi connectivity index (χ0n) is 23.1. The summed E-state index contributed by atoms with van der Waals surface area (Å²) in [6.07, 6.45) is -1.40. The third-order valence-corrected chi connectivity index (χ3v) is 10.8. The number of piperidine rings is 1. The van der Waals surface area contributed by atoms with Crippen molar-refractivity contribution in [2.24, 2.45) is 5.92 Å². The number of sulfonamides is 1. The first-order chi connectivity index (χ1) is 20.3. The van der Waals surface area contributed by atoms with E-state index in [2.05, 4.69) is 19.6 Å². The van der Waals surface area contributed by atoms with Crippen molar-refractivity contribution in [1.29, 1.82) is 0 Å². The Morgan fingerprint density at radius 3 is 2.65 bits per heavy atom. The second kappa shape index (κ2) is 13.4. The highest BCUT2D eigenvalue weighted by atomic mass is 32.2. The van der Waals surface area contributed by atoms with Gasteiger partial charge in [-0.05, 0) is 49.9 Å². The van der Waals surface area contributed by atoms with Crippen molar-refractivity contribution in [2.75, 3.05) is 31.0 Å². The average Bonchev–Trinajstić information content (AvgIpc) is 3.74. The van der Waals surface area contributed by atoms with Crippen molar-refractivity contribution in [2.45, 2.75) is 36.7 Å². The maximum Gasteiger partial charge on any atom is 0.490 e. The van der Waals surface area contributed by atoms with Gasteiger partial charge in [-0.2, -0.15) is 13.2 Å². The number of carbonyl (C=O) groups is 2. The fraction of sp³-hybridized carbons (Fsp3) is 0.370. The first-order valence-electron chi connectivity index (χ1n) is 13.1. The number of aromatic nitrogens is 2. The number of thiophene rings is 1. The number of fused-ring (bicyclic) bond motifs is 1. The monoisotopic (exact) mass is 658 g/mol. The minimum absolute atomic E-state index is 0.252. The summed E-state index contributed by atoms with van der Waals surface area (Å²) in [6, 6.07) is 10.9. The van der Waals surface area contributed by atoms with Gasteiger partial charge in [0, 0.05) is 36.6 Å². The zero-order chi connectivity index (χ0) is 31.4.